The fourth-order valence-corrected chi connectivity index (χ4v) is 2.35. The van der Waals surface area contributed by atoms with Gasteiger partial charge >= 0.3 is 0 Å². The van der Waals surface area contributed by atoms with Crippen LogP contribution in [0.4, 0.5) is 11.4 Å². The minimum atomic E-state index is 0.697. The van der Waals surface area contributed by atoms with E-state index in [1.54, 1.807) is 7.11 Å². The molecule has 3 rings (SSSR count). The summed E-state index contributed by atoms with van der Waals surface area (Å²) in [6, 6.07) is 12.9. The molecule has 1 saturated carbocycles. The first-order chi connectivity index (χ1) is 10.3. The van der Waals surface area contributed by atoms with Crippen molar-refractivity contribution in [3.8, 4) is 5.75 Å². The van der Waals surface area contributed by atoms with Crippen LogP contribution in [-0.2, 0) is 6.54 Å². The van der Waals surface area contributed by atoms with Gasteiger partial charge in [0.15, 0.2) is 0 Å². The molecule has 1 aromatic heterocycles. The Bertz CT molecular complexity index is 610. The predicted octanol–water partition coefficient (Wildman–Crippen LogP) is 3.11. The van der Waals surface area contributed by atoms with Crippen LogP contribution in [0.1, 0.15) is 18.5 Å². The Morgan fingerprint density at radius 1 is 1.29 bits per heavy atom. The van der Waals surface area contributed by atoms with Gasteiger partial charge in [0.2, 0.25) is 0 Å². The lowest BCUT2D eigenvalue weighted by molar-refractivity contribution is 0.415. The van der Waals surface area contributed by atoms with Gasteiger partial charge in [-0.05, 0) is 37.1 Å². The maximum atomic E-state index is 5.44. The summed E-state index contributed by atoms with van der Waals surface area (Å²) in [6.07, 6.45) is 4.45. The predicted molar refractivity (Wildman–Crippen MR) is 85.2 cm³/mol. The topological polar surface area (TPSA) is 37.4 Å². The van der Waals surface area contributed by atoms with Crippen LogP contribution in [0.5, 0.6) is 5.75 Å². The third-order valence-corrected chi connectivity index (χ3v) is 3.78. The lowest BCUT2D eigenvalue weighted by Crippen LogP contribution is -2.17. The molecule has 0 saturated heterocycles. The average molecular weight is 283 g/mol. The van der Waals surface area contributed by atoms with Crippen molar-refractivity contribution in [3.05, 3.63) is 48.3 Å². The van der Waals surface area contributed by atoms with Gasteiger partial charge in [0.05, 0.1) is 18.5 Å². The number of rotatable bonds is 6. The zero-order valence-electron chi connectivity index (χ0n) is 12.5. The molecule has 2 aromatic rings. The monoisotopic (exact) mass is 283 g/mol. The Morgan fingerprint density at radius 2 is 2.10 bits per heavy atom. The summed E-state index contributed by atoms with van der Waals surface area (Å²) in [5.74, 6) is 0.870. The number of methoxy groups -OCH3 is 1. The standard InChI is InChI=1S/C17H21N3O/c1-20(16-5-3-4-6-17(16)21-2)15-9-10-18-14(11-15)12-19-13-7-8-13/h3-6,9-11,13,19H,7-8,12H2,1-2H3. The molecule has 21 heavy (non-hydrogen) atoms. The smallest absolute Gasteiger partial charge is 0.142 e. The quantitative estimate of drug-likeness (QED) is 0.884. The van der Waals surface area contributed by atoms with Crippen molar-refractivity contribution in [3.63, 3.8) is 0 Å². The minimum Gasteiger partial charge on any atom is -0.495 e. The Morgan fingerprint density at radius 3 is 2.86 bits per heavy atom. The van der Waals surface area contributed by atoms with Gasteiger partial charge in [-0.1, -0.05) is 12.1 Å². The highest BCUT2D eigenvalue weighted by molar-refractivity contribution is 5.68. The van der Waals surface area contributed by atoms with Crippen LogP contribution in [0.15, 0.2) is 42.6 Å². The molecule has 1 aliphatic carbocycles. The third kappa shape index (κ3) is 3.34. The molecule has 1 aromatic carbocycles. The van der Waals surface area contributed by atoms with E-state index in [-0.39, 0.29) is 0 Å². The van der Waals surface area contributed by atoms with E-state index >= 15 is 0 Å². The number of nitrogens with zero attached hydrogens (tertiary/aromatic N) is 2. The van der Waals surface area contributed by atoms with Gasteiger partial charge in [0.1, 0.15) is 5.75 Å². The van der Waals surface area contributed by atoms with Crippen molar-refractivity contribution in [2.75, 3.05) is 19.1 Å². The van der Waals surface area contributed by atoms with Crippen molar-refractivity contribution >= 4 is 11.4 Å². The van der Waals surface area contributed by atoms with E-state index < -0.39 is 0 Å². The van der Waals surface area contributed by atoms with Crippen LogP contribution >= 0.6 is 0 Å². The Labute approximate surface area is 125 Å². The van der Waals surface area contributed by atoms with E-state index in [0.717, 1.165) is 29.4 Å². The van der Waals surface area contributed by atoms with Gasteiger partial charge < -0.3 is 15.0 Å². The van der Waals surface area contributed by atoms with Crippen molar-refractivity contribution in [1.82, 2.24) is 10.3 Å². The van der Waals surface area contributed by atoms with E-state index in [1.165, 1.54) is 12.8 Å². The van der Waals surface area contributed by atoms with Crippen molar-refractivity contribution < 1.29 is 4.74 Å². The molecule has 110 valence electrons. The highest BCUT2D eigenvalue weighted by Crippen LogP contribution is 2.32. The molecular formula is C17H21N3O. The second-order valence-electron chi connectivity index (χ2n) is 5.39. The third-order valence-electron chi connectivity index (χ3n) is 3.78. The fourth-order valence-electron chi connectivity index (χ4n) is 2.35. The zero-order valence-corrected chi connectivity index (χ0v) is 12.5. The number of hydrogen-bond donors (Lipinski definition) is 1. The van der Waals surface area contributed by atoms with E-state index in [2.05, 4.69) is 27.3 Å². The second kappa shape index (κ2) is 6.14. The maximum absolute atomic E-state index is 5.44. The minimum absolute atomic E-state index is 0.697. The number of para-hydroxylation sites is 2. The van der Waals surface area contributed by atoms with Gasteiger partial charge in [-0.3, -0.25) is 4.98 Å². The van der Waals surface area contributed by atoms with Crippen LogP contribution < -0.4 is 15.0 Å². The van der Waals surface area contributed by atoms with E-state index in [0.29, 0.717) is 6.04 Å². The van der Waals surface area contributed by atoms with Gasteiger partial charge in [-0.25, -0.2) is 0 Å². The summed E-state index contributed by atoms with van der Waals surface area (Å²) in [6.45, 7) is 0.832. The molecule has 4 heteroatoms. The molecule has 0 amide bonds. The van der Waals surface area contributed by atoms with Crippen LogP contribution in [0.25, 0.3) is 0 Å². The second-order valence-corrected chi connectivity index (χ2v) is 5.39. The first-order valence-corrected chi connectivity index (χ1v) is 7.33. The number of benzene rings is 1. The Balaban J connectivity index is 1.79. The number of aromatic nitrogens is 1. The summed E-state index contributed by atoms with van der Waals surface area (Å²) in [7, 11) is 3.75. The van der Waals surface area contributed by atoms with E-state index in [4.69, 9.17) is 4.74 Å². The first kappa shape index (κ1) is 13.9. The molecule has 0 aliphatic heterocycles. The molecule has 0 spiro atoms. The van der Waals surface area contributed by atoms with Crippen molar-refractivity contribution in [2.45, 2.75) is 25.4 Å². The first-order valence-electron chi connectivity index (χ1n) is 7.33. The number of anilines is 2. The average Bonchev–Trinajstić information content (AvgIpc) is 3.37. The van der Waals surface area contributed by atoms with Crippen LogP contribution in [0.2, 0.25) is 0 Å². The lowest BCUT2D eigenvalue weighted by atomic mass is 10.2. The number of nitrogens with one attached hydrogen (secondary N) is 1. The highest BCUT2D eigenvalue weighted by atomic mass is 16.5. The SMILES string of the molecule is COc1ccccc1N(C)c1ccnc(CNC2CC2)c1. The van der Waals surface area contributed by atoms with E-state index in [9.17, 15) is 0 Å². The fraction of sp³-hybridized carbons (Fsp3) is 0.353. The molecule has 0 bridgehead atoms. The molecule has 4 nitrogen and oxygen atoms in total. The van der Waals surface area contributed by atoms with Gasteiger partial charge in [-0.2, -0.15) is 0 Å². The molecule has 1 N–H and O–H groups in total. The Kier molecular flexibility index (Phi) is 4.06. The number of ether oxygens (including phenoxy) is 1. The van der Waals surface area contributed by atoms with Crippen LogP contribution in [-0.4, -0.2) is 25.2 Å². The summed E-state index contributed by atoms with van der Waals surface area (Å²) in [5, 5.41) is 3.50. The van der Waals surface area contributed by atoms with Gasteiger partial charge in [0.25, 0.3) is 0 Å². The zero-order chi connectivity index (χ0) is 14.7. The Hall–Kier alpha value is -2.07. The molecule has 1 aliphatic rings. The normalized spacial score (nSPS) is 14.0. The van der Waals surface area contributed by atoms with Gasteiger partial charge in [0, 0.05) is 31.5 Å². The van der Waals surface area contributed by atoms with Crippen LogP contribution in [0.3, 0.4) is 0 Å². The summed E-state index contributed by atoms with van der Waals surface area (Å²) in [4.78, 5) is 6.56. The summed E-state index contributed by atoms with van der Waals surface area (Å²) in [5.41, 5.74) is 3.23. The van der Waals surface area contributed by atoms with Crippen molar-refractivity contribution in [2.24, 2.45) is 0 Å². The number of pyridine rings is 1. The summed E-state index contributed by atoms with van der Waals surface area (Å²) < 4.78 is 5.44. The molecule has 0 unspecified atom stereocenters. The van der Waals surface area contributed by atoms with Gasteiger partial charge in [-0.15, -0.1) is 0 Å². The maximum Gasteiger partial charge on any atom is 0.142 e. The lowest BCUT2D eigenvalue weighted by Gasteiger charge is -2.22. The van der Waals surface area contributed by atoms with Crippen LogP contribution in [0, 0.1) is 0 Å². The molecular weight excluding hydrogens is 262 g/mol. The largest absolute Gasteiger partial charge is 0.495 e. The highest BCUT2D eigenvalue weighted by Gasteiger charge is 2.20. The molecule has 0 atom stereocenters. The number of hydrogen-bond acceptors (Lipinski definition) is 4. The molecule has 1 fully saturated rings. The summed E-state index contributed by atoms with van der Waals surface area (Å²) >= 11 is 0. The molecule has 1 heterocycles. The molecule has 0 radical (unpaired) electrons. The van der Waals surface area contributed by atoms with E-state index in [1.807, 2.05) is 37.5 Å². The van der Waals surface area contributed by atoms with Crippen molar-refractivity contribution in [1.29, 1.82) is 0 Å².